The summed E-state index contributed by atoms with van der Waals surface area (Å²) in [5.41, 5.74) is 0.908. The Morgan fingerprint density at radius 2 is 1.69 bits per heavy atom. The highest BCUT2D eigenvalue weighted by Crippen LogP contribution is 2.31. The Bertz CT molecular complexity index is 1090. The number of likely N-dealkylation sites (tertiary alicyclic amines) is 1. The average Bonchev–Trinajstić information content (AvgIpc) is 2.89. The lowest BCUT2D eigenvalue weighted by atomic mass is 10.0. The van der Waals surface area contributed by atoms with Crippen LogP contribution in [0.25, 0.3) is 0 Å². The minimum Gasteiger partial charge on any atom is -0.336 e. The lowest BCUT2D eigenvalue weighted by Gasteiger charge is -2.39. The fraction of sp³-hybridized carbons (Fsp3) is 0.278. The van der Waals surface area contributed by atoms with Gasteiger partial charge in [0.15, 0.2) is 19.7 Å². The Labute approximate surface area is 152 Å². The van der Waals surface area contributed by atoms with Gasteiger partial charge in [0.05, 0.1) is 15.5 Å². The Kier molecular flexibility index (Phi) is 3.92. The van der Waals surface area contributed by atoms with Gasteiger partial charge in [0.25, 0.3) is 5.91 Å². The summed E-state index contributed by atoms with van der Waals surface area (Å²) in [6.07, 6.45) is 0.319. The maximum Gasteiger partial charge on any atom is 0.254 e. The van der Waals surface area contributed by atoms with Crippen LogP contribution in [-0.4, -0.2) is 51.7 Å². The Hall–Kier alpha value is -2.19. The van der Waals surface area contributed by atoms with E-state index in [-0.39, 0.29) is 34.5 Å². The molecule has 6 nitrogen and oxygen atoms in total. The topological polar surface area (TPSA) is 88.6 Å². The second-order valence-electron chi connectivity index (χ2n) is 6.54. The Morgan fingerprint density at radius 3 is 2.38 bits per heavy atom. The number of hydrogen-bond acceptors (Lipinski definition) is 5. The monoisotopic (exact) mass is 391 g/mol. The molecule has 1 fully saturated rings. The van der Waals surface area contributed by atoms with Crippen LogP contribution in [0.4, 0.5) is 0 Å². The van der Waals surface area contributed by atoms with Gasteiger partial charge in [-0.3, -0.25) is 4.79 Å². The van der Waals surface area contributed by atoms with E-state index in [0.29, 0.717) is 17.5 Å². The van der Waals surface area contributed by atoms with E-state index in [4.69, 9.17) is 0 Å². The SMILES string of the molecule is O=C(c1cccc2c1CCS2(=O)=O)N1CC(S(=O)(=O)c2ccccc2)C1. The first-order valence-corrected chi connectivity index (χ1v) is 11.4. The van der Waals surface area contributed by atoms with Gasteiger partial charge in [-0.2, -0.15) is 0 Å². The summed E-state index contributed by atoms with van der Waals surface area (Å²) in [4.78, 5) is 14.7. The maximum atomic E-state index is 12.7. The average molecular weight is 391 g/mol. The van der Waals surface area contributed by atoms with Crippen LogP contribution in [0.3, 0.4) is 0 Å². The molecule has 2 aromatic rings. The van der Waals surface area contributed by atoms with Crippen LogP contribution in [0, 0.1) is 0 Å². The van der Waals surface area contributed by atoms with Crippen molar-refractivity contribution in [1.29, 1.82) is 0 Å². The molecule has 136 valence electrons. The second-order valence-corrected chi connectivity index (χ2v) is 10.8. The first-order valence-electron chi connectivity index (χ1n) is 8.23. The van der Waals surface area contributed by atoms with E-state index in [9.17, 15) is 21.6 Å². The molecule has 0 bridgehead atoms. The first-order chi connectivity index (χ1) is 12.3. The fourth-order valence-electron chi connectivity index (χ4n) is 3.43. The van der Waals surface area contributed by atoms with Crippen molar-refractivity contribution in [3.63, 3.8) is 0 Å². The summed E-state index contributed by atoms with van der Waals surface area (Å²) < 4.78 is 49.2. The number of nitrogens with zero attached hydrogens (tertiary/aromatic N) is 1. The van der Waals surface area contributed by atoms with Crippen LogP contribution in [0.5, 0.6) is 0 Å². The minimum atomic E-state index is -3.47. The molecule has 0 unspecified atom stereocenters. The van der Waals surface area contributed by atoms with Crippen LogP contribution in [0.15, 0.2) is 58.3 Å². The molecule has 0 spiro atoms. The van der Waals surface area contributed by atoms with Gasteiger partial charge in [-0.15, -0.1) is 0 Å². The van der Waals surface area contributed by atoms with Crippen LogP contribution in [0.1, 0.15) is 15.9 Å². The predicted molar refractivity (Wildman–Crippen MR) is 95.5 cm³/mol. The number of sulfone groups is 2. The standard InChI is InChI=1S/C18H17NO5S2/c20-18(16-7-4-8-17-15(16)9-10-25(17,21)22)19-11-14(12-19)26(23,24)13-5-2-1-3-6-13/h1-8,14H,9-12H2. The van der Waals surface area contributed by atoms with Crippen molar-refractivity contribution in [3.8, 4) is 0 Å². The molecule has 0 N–H and O–H groups in total. The normalized spacial score (nSPS) is 19.0. The number of fused-ring (bicyclic) bond motifs is 1. The lowest BCUT2D eigenvalue weighted by molar-refractivity contribution is 0.0657. The number of carbonyl (C=O) groups is 1. The number of carbonyl (C=O) groups excluding carboxylic acids is 1. The third-order valence-corrected chi connectivity index (χ3v) is 8.86. The van der Waals surface area contributed by atoms with Crippen LogP contribution in [-0.2, 0) is 26.1 Å². The third-order valence-electron chi connectivity index (χ3n) is 4.97. The second kappa shape index (κ2) is 5.92. The molecule has 2 aliphatic rings. The Balaban J connectivity index is 1.54. The van der Waals surface area contributed by atoms with Crippen molar-refractivity contribution in [2.75, 3.05) is 18.8 Å². The zero-order valence-corrected chi connectivity index (χ0v) is 15.5. The van der Waals surface area contributed by atoms with Crippen LogP contribution < -0.4 is 0 Å². The van der Waals surface area contributed by atoms with E-state index < -0.39 is 24.9 Å². The predicted octanol–water partition coefficient (Wildman–Crippen LogP) is 1.31. The van der Waals surface area contributed by atoms with Crippen molar-refractivity contribution >= 4 is 25.6 Å². The molecule has 2 aliphatic heterocycles. The molecule has 2 heterocycles. The molecule has 2 aromatic carbocycles. The molecule has 0 atom stereocenters. The minimum absolute atomic E-state index is 0.0115. The fourth-order valence-corrected chi connectivity index (χ4v) is 6.67. The summed E-state index contributed by atoms with van der Waals surface area (Å²) in [6.45, 7) is 0.235. The molecule has 1 saturated heterocycles. The molecular weight excluding hydrogens is 374 g/mol. The highest BCUT2D eigenvalue weighted by molar-refractivity contribution is 7.92. The van der Waals surface area contributed by atoms with Gasteiger partial charge >= 0.3 is 0 Å². The van der Waals surface area contributed by atoms with E-state index >= 15 is 0 Å². The summed E-state index contributed by atoms with van der Waals surface area (Å²) in [6, 6.07) is 12.9. The first kappa shape index (κ1) is 17.2. The zero-order valence-electron chi connectivity index (χ0n) is 13.8. The zero-order chi connectivity index (χ0) is 18.5. The van der Waals surface area contributed by atoms with Crippen LogP contribution in [0.2, 0.25) is 0 Å². The molecule has 26 heavy (non-hydrogen) atoms. The summed E-state index contributed by atoms with van der Waals surface area (Å²) in [5.74, 6) is -0.295. The van der Waals surface area contributed by atoms with Crippen molar-refractivity contribution < 1.29 is 21.6 Å². The van der Waals surface area contributed by atoms with Gasteiger partial charge in [0, 0.05) is 18.7 Å². The molecule has 0 radical (unpaired) electrons. The molecule has 0 aliphatic carbocycles. The number of amides is 1. The summed E-state index contributed by atoms with van der Waals surface area (Å²) >= 11 is 0. The van der Waals surface area contributed by atoms with E-state index in [1.54, 1.807) is 42.5 Å². The van der Waals surface area contributed by atoms with Gasteiger partial charge < -0.3 is 4.90 Å². The summed E-state index contributed by atoms with van der Waals surface area (Å²) in [5, 5.41) is -0.630. The third kappa shape index (κ3) is 2.64. The molecule has 0 aromatic heterocycles. The van der Waals surface area contributed by atoms with Gasteiger partial charge in [-0.25, -0.2) is 16.8 Å². The van der Waals surface area contributed by atoms with Gasteiger partial charge in [-0.05, 0) is 36.2 Å². The maximum absolute atomic E-state index is 12.7. The number of hydrogen-bond donors (Lipinski definition) is 0. The van der Waals surface area contributed by atoms with Crippen molar-refractivity contribution in [1.82, 2.24) is 4.90 Å². The van der Waals surface area contributed by atoms with Gasteiger partial charge in [-0.1, -0.05) is 24.3 Å². The van der Waals surface area contributed by atoms with Gasteiger partial charge in [0.1, 0.15) is 5.25 Å². The molecule has 0 saturated carbocycles. The van der Waals surface area contributed by atoms with Crippen molar-refractivity contribution in [2.45, 2.75) is 21.5 Å². The van der Waals surface area contributed by atoms with E-state index in [1.165, 1.54) is 11.0 Å². The highest BCUT2D eigenvalue weighted by Gasteiger charge is 2.42. The largest absolute Gasteiger partial charge is 0.336 e. The van der Waals surface area contributed by atoms with E-state index in [2.05, 4.69) is 0 Å². The smallest absolute Gasteiger partial charge is 0.254 e. The van der Waals surface area contributed by atoms with Crippen molar-refractivity contribution in [2.24, 2.45) is 0 Å². The molecule has 4 rings (SSSR count). The summed E-state index contributed by atoms with van der Waals surface area (Å²) in [7, 11) is -6.78. The quantitative estimate of drug-likeness (QED) is 0.787. The highest BCUT2D eigenvalue weighted by atomic mass is 32.2. The molecule has 8 heteroatoms. The number of benzene rings is 2. The molecular formula is C18H17NO5S2. The Morgan fingerprint density at radius 1 is 1.00 bits per heavy atom. The molecule has 1 amide bonds. The van der Waals surface area contributed by atoms with Gasteiger partial charge in [0.2, 0.25) is 0 Å². The van der Waals surface area contributed by atoms with Crippen molar-refractivity contribution in [3.05, 3.63) is 59.7 Å². The van der Waals surface area contributed by atoms with Crippen LogP contribution >= 0.6 is 0 Å². The number of rotatable bonds is 3. The van der Waals surface area contributed by atoms with E-state index in [1.807, 2.05) is 0 Å². The van der Waals surface area contributed by atoms with E-state index in [0.717, 1.165) is 0 Å². The lowest BCUT2D eigenvalue weighted by Crippen LogP contribution is -2.57.